The Bertz CT molecular complexity index is 485. The van der Waals surface area contributed by atoms with Crippen LogP contribution in [0.15, 0.2) is 30.3 Å². The van der Waals surface area contributed by atoms with Crippen LogP contribution in [0.25, 0.3) is 11.3 Å². The van der Waals surface area contributed by atoms with Gasteiger partial charge in [-0.1, -0.05) is 12.1 Å². The zero-order chi connectivity index (χ0) is 11.8. The van der Waals surface area contributed by atoms with E-state index in [4.69, 9.17) is 0 Å². The average Bonchev–Trinajstić information content (AvgIpc) is 2.64. The molecule has 0 radical (unpaired) electrons. The summed E-state index contributed by atoms with van der Waals surface area (Å²) in [5, 5.41) is 0. The van der Waals surface area contributed by atoms with Crippen molar-refractivity contribution in [3.8, 4) is 11.3 Å². The number of hydrogen-bond acceptors (Lipinski definition) is 2. The summed E-state index contributed by atoms with van der Waals surface area (Å²) in [5.41, 5.74) is 0.789. The van der Waals surface area contributed by atoms with Gasteiger partial charge in [-0.05, 0) is 36.7 Å². The molecule has 2 aromatic rings. The van der Waals surface area contributed by atoms with Gasteiger partial charge in [-0.25, -0.2) is 0 Å². The number of aromatic nitrogens is 1. The molecule has 0 aliphatic rings. The molecule has 1 nitrogen and oxygen atoms in total. The van der Waals surface area contributed by atoms with Crippen LogP contribution in [0.3, 0.4) is 0 Å². The van der Waals surface area contributed by atoms with Crippen LogP contribution in [0.5, 0.6) is 0 Å². The van der Waals surface area contributed by atoms with E-state index in [0.29, 0.717) is 5.56 Å². The molecule has 1 aromatic heterocycles. The molecule has 2 rings (SSSR count). The Morgan fingerprint density at radius 3 is 2.19 bits per heavy atom. The van der Waals surface area contributed by atoms with Crippen LogP contribution in [0.1, 0.15) is 10.4 Å². The number of alkyl halides is 3. The maximum atomic E-state index is 12.3. The summed E-state index contributed by atoms with van der Waals surface area (Å²) in [6, 6.07) is 6.88. The molecule has 0 bridgehead atoms. The van der Waals surface area contributed by atoms with E-state index >= 15 is 0 Å². The van der Waals surface area contributed by atoms with Crippen molar-refractivity contribution >= 4 is 11.5 Å². The predicted octanol–water partition coefficient (Wildman–Crippen LogP) is 4.14. The van der Waals surface area contributed by atoms with E-state index in [1.54, 1.807) is 0 Å². The monoisotopic (exact) mass is 243 g/mol. The Labute approximate surface area is 94.7 Å². The summed E-state index contributed by atoms with van der Waals surface area (Å²) in [6.45, 7) is 1.91. The first-order valence-corrected chi connectivity index (χ1v) is 5.35. The highest BCUT2D eigenvalue weighted by molar-refractivity contribution is 7.05. The Balaban J connectivity index is 2.33. The minimum absolute atomic E-state index is 0.636. The summed E-state index contributed by atoms with van der Waals surface area (Å²) in [7, 11) is 0. The quantitative estimate of drug-likeness (QED) is 0.733. The van der Waals surface area contributed by atoms with E-state index in [0.717, 1.165) is 22.7 Å². The van der Waals surface area contributed by atoms with Gasteiger partial charge in [0.25, 0.3) is 0 Å². The number of rotatable bonds is 1. The van der Waals surface area contributed by atoms with Crippen LogP contribution in [-0.2, 0) is 6.18 Å². The van der Waals surface area contributed by atoms with Crippen LogP contribution in [-0.4, -0.2) is 4.37 Å². The van der Waals surface area contributed by atoms with Gasteiger partial charge in [-0.3, -0.25) is 0 Å². The normalized spacial score (nSPS) is 11.8. The van der Waals surface area contributed by atoms with Gasteiger partial charge in [-0.2, -0.15) is 17.5 Å². The number of aryl methyl sites for hydroxylation is 1. The maximum absolute atomic E-state index is 12.3. The van der Waals surface area contributed by atoms with Crippen LogP contribution in [0.2, 0.25) is 0 Å². The first-order valence-electron chi connectivity index (χ1n) is 4.58. The third-order valence-electron chi connectivity index (χ3n) is 2.14. The lowest BCUT2D eigenvalue weighted by molar-refractivity contribution is -0.137. The number of halogens is 3. The van der Waals surface area contributed by atoms with E-state index in [-0.39, 0.29) is 0 Å². The Hall–Kier alpha value is -1.36. The Morgan fingerprint density at radius 2 is 1.75 bits per heavy atom. The third-order valence-corrected chi connectivity index (χ3v) is 2.83. The highest BCUT2D eigenvalue weighted by Crippen LogP contribution is 2.31. The molecule has 0 amide bonds. The molecule has 0 unspecified atom stereocenters. The summed E-state index contributed by atoms with van der Waals surface area (Å²) < 4.78 is 41.1. The topological polar surface area (TPSA) is 12.9 Å². The summed E-state index contributed by atoms with van der Waals surface area (Å²) in [5.74, 6) is 0. The van der Waals surface area contributed by atoms with E-state index in [1.165, 1.54) is 23.7 Å². The molecule has 84 valence electrons. The second-order valence-corrected chi connectivity index (χ2v) is 4.41. The highest BCUT2D eigenvalue weighted by Gasteiger charge is 2.29. The predicted molar refractivity (Wildman–Crippen MR) is 57.3 cm³/mol. The van der Waals surface area contributed by atoms with Gasteiger partial charge in [0.2, 0.25) is 0 Å². The summed E-state index contributed by atoms with van der Waals surface area (Å²) in [4.78, 5) is 1.04. The molecule has 0 spiro atoms. The fourth-order valence-corrected chi connectivity index (χ4v) is 1.90. The second kappa shape index (κ2) is 3.90. The van der Waals surface area contributed by atoms with Crippen molar-refractivity contribution in [3.05, 3.63) is 40.8 Å². The molecule has 5 heteroatoms. The molecule has 0 saturated carbocycles. The minimum Gasteiger partial charge on any atom is -0.192 e. The van der Waals surface area contributed by atoms with Crippen molar-refractivity contribution in [1.29, 1.82) is 0 Å². The van der Waals surface area contributed by atoms with Gasteiger partial charge >= 0.3 is 6.18 Å². The van der Waals surface area contributed by atoms with Crippen LogP contribution in [0.4, 0.5) is 13.2 Å². The highest BCUT2D eigenvalue weighted by atomic mass is 32.1. The van der Waals surface area contributed by atoms with Crippen LogP contribution < -0.4 is 0 Å². The van der Waals surface area contributed by atoms with Crippen molar-refractivity contribution in [2.75, 3.05) is 0 Å². The zero-order valence-corrected chi connectivity index (χ0v) is 9.19. The molecule has 0 aliphatic carbocycles. The van der Waals surface area contributed by atoms with Gasteiger partial charge in [0.05, 0.1) is 11.3 Å². The number of benzene rings is 1. The lowest BCUT2D eigenvalue weighted by Crippen LogP contribution is -2.03. The second-order valence-electron chi connectivity index (χ2n) is 3.40. The molecule has 0 aliphatic heterocycles. The molecule has 1 aromatic carbocycles. The lowest BCUT2D eigenvalue weighted by Gasteiger charge is -2.06. The van der Waals surface area contributed by atoms with Crippen LogP contribution in [0, 0.1) is 6.92 Å². The van der Waals surface area contributed by atoms with Crippen LogP contribution >= 0.6 is 11.5 Å². The largest absolute Gasteiger partial charge is 0.416 e. The summed E-state index contributed by atoms with van der Waals surface area (Å²) in [6.07, 6.45) is -4.28. The third kappa shape index (κ3) is 2.24. The van der Waals surface area contributed by atoms with Gasteiger partial charge in [0, 0.05) is 10.4 Å². The van der Waals surface area contributed by atoms with E-state index < -0.39 is 11.7 Å². The standard InChI is InChI=1S/C11H8F3NS/c1-7-6-10(15-16-7)8-2-4-9(5-3-8)11(12,13)14/h2-6H,1H3. The molecule has 0 fully saturated rings. The first-order chi connectivity index (χ1) is 7.47. The van der Waals surface area contributed by atoms with Crippen molar-refractivity contribution < 1.29 is 13.2 Å². The Morgan fingerprint density at radius 1 is 1.12 bits per heavy atom. The number of nitrogens with zero attached hydrogens (tertiary/aromatic N) is 1. The lowest BCUT2D eigenvalue weighted by atomic mass is 10.1. The number of hydrogen-bond donors (Lipinski definition) is 0. The van der Waals surface area contributed by atoms with Gasteiger partial charge in [0.15, 0.2) is 0 Å². The molecule has 1 heterocycles. The Kier molecular flexibility index (Phi) is 2.71. The van der Waals surface area contributed by atoms with Gasteiger partial charge in [0.1, 0.15) is 0 Å². The van der Waals surface area contributed by atoms with Crippen molar-refractivity contribution in [2.45, 2.75) is 13.1 Å². The van der Waals surface area contributed by atoms with E-state index in [9.17, 15) is 13.2 Å². The average molecular weight is 243 g/mol. The minimum atomic E-state index is -4.28. The molecular weight excluding hydrogens is 235 g/mol. The van der Waals surface area contributed by atoms with Gasteiger partial charge < -0.3 is 0 Å². The van der Waals surface area contributed by atoms with E-state index in [2.05, 4.69) is 4.37 Å². The molecule has 0 atom stereocenters. The zero-order valence-electron chi connectivity index (χ0n) is 8.38. The maximum Gasteiger partial charge on any atom is 0.416 e. The SMILES string of the molecule is Cc1cc(-c2ccc(C(F)(F)F)cc2)ns1. The van der Waals surface area contributed by atoms with E-state index in [1.807, 2.05) is 13.0 Å². The molecule has 0 saturated heterocycles. The molecule has 0 N–H and O–H groups in total. The molecular formula is C11H8F3NS. The fourth-order valence-electron chi connectivity index (χ4n) is 1.33. The van der Waals surface area contributed by atoms with Crippen molar-refractivity contribution in [3.63, 3.8) is 0 Å². The van der Waals surface area contributed by atoms with Gasteiger partial charge in [-0.15, -0.1) is 0 Å². The summed E-state index contributed by atoms with van der Waals surface area (Å²) >= 11 is 1.34. The first kappa shape index (κ1) is 11.1. The smallest absolute Gasteiger partial charge is 0.192 e. The van der Waals surface area contributed by atoms with Crippen molar-refractivity contribution in [2.24, 2.45) is 0 Å². The fraction of sp³-hybridized carbons (Fsp3) is 0.182. The van der Waals surface area contributed by atoms with Crippen molar-refractivity contribution in [1.82, 2.24) is 4.37 Å². The molecule has 16 heavy (non-hydrogen) atoms.